The van der Waals surface area contributed by atoms with Crippen LogP contribution in [0.3, 0.4) is 0 Å². The van der Waals surface area contributed by atoms with Crippen LogP contribution in [-0.4, -0.2) is 22.1 Å². The molecule has 3 amide bonds. The minimum absolute atomic E-state index is 0.0764. The molecule has 0 bridgehead atoms. The molecule has 3 N–H and O–H groups in total. The van der Waals surface area contributed by atoms with Gasteiger partial charge in [0.25, 0.3) is 0 Å². The van der Waals surface area contributed by atoms with Crippen molar-refractivity contribution in [3.63, 3.8) is 0 Å². The normalized spacial score (nSPS) is 10.2. The van der Waals surface area contributed by atoms with Crippen molar-refractivity contribution in [3.05, 3.63) is 64.6 Å². The van der Waals surface area contributed by atoms with Crippen LogP contribution in [0.15, 0.2) is 54.6 Å². The van der Waals surface area contributed by atoms with Gasteiger partial charge >= 0.3 is 6.03 Å². The lowest BCUT2D eigenvalue weighted by atomic mass is 10.3. The van der Waals surface area contributed by atoms with E-state index in [-0.39, 0.29) is 12.3 Å². The van der Waals surface area contributed by atoms with Crippen molar-refractivity contribution in [2.75, 3.05) is 16.0 Å². The van der Waals surface area contributed by atoms with E-state index in [1.165, 1.54) is 0 Å². The van der Waals surface area contributed by atoms with E-state index in [9.17, 15) is 9.59 Å². The Morgan fingerprint density at radius 3 is 2.31 bits per heavy atom. The Morgan fingerprint density at radius 1 is 0.885 bits per heavy atom. The highest BCUT2D eigenvalue weighted by Gasteiger charge is 2.12. The van der Waals surface area contributed by atoms with Crippen LogP contribution in [0.1, 0.15) is 5.01 Å². The molecule has 0 unspecified atom stereocenters. The third-order valence-corrected chi connectivity index (χ3v) is 4.25. The number of benzene rings is 2. The Balaban J connectivity index is 1.51. The summed E-state index contributed by atoms with van der Waals surface area (Å²) in [5, 5.41) is 17.2. The number of anilines is 3. The molecule has 9 heteroatoms. The van der Waals surface area contributed by atoms with Crippen LogP contribution in [0.5, 0.6) is 0 Å². The monoisotopic (exact) mass is 387 g/mol. The molecule has 2 aromatic carbocycles. The van der Waals surface area contributed by atoms with Crippen molar-refractivity contribution in [2.24, 2.45) is 0 Å². The molecule has 3 aromatic rings. The molecule has 0 saturated heterocycles. The molecule has 0 saturated carbocycles. The Bertz CT molecular complexity index is 899. The van der Waals surface area contributed by atoms with Crippen LogP contribution in [0, 0.1) is 0 Å². The molecule has 0 aliphatic carbocycles. The molecule has 1 aromatic heterocycles. The molecule has 0 aliphatic heterocycles. The van der Waals surface area contributed by atoms with E-state index in [4.69, 9.17) is 11.6 Å². The first kappa shape index (κ1) is 17.8. The van der Waals surface area contributed by atoms with Crippen LogP contribution < -0.4 is 16.0 Å². The zero-order valence-corrected chi connectivity index (χ0v) is 15.0. The quantitative estimate of drug-likeness (QED) is 0.616. The molecule has 132 valence electrons. The zero-order valence-electron chi connectivity index (χ0n) is 13.4. The zero-order chi connectivity index (χ0) is 18.4. The maximum atomic E-state index is 12.0. The molecule has 0 atom stereocenters. The maximum Gasteiger partial charge on any atom is 0.325 e. The van der Waals surface area contributed by atoms with Gasteiger partial charge in [-0.25, -0.2) is 4.79 Å². The average Bonchev–Trinajstić information content (AvgIpc) is 3.04. The SMILES string of the molecule is O=C(Cc1nnc(NC(=O)Nc2ccc(Cl)cc2)s1)Nc1ccccc1. The molecule has 26 heavy (non-hydrogen) atoms. The van der Waals surface area contributed by atoms with Crippen LogP contribution in [0.4, 0.5) is 21.3 Å². The van der Waals surface area contributed by atoms with E-state index >= 15 is 0 Å². The molecular formula is C17H14ClN5O2S. The van der Waals surface area contributed by atoms with Crippen molar-refractivity contribution in [1.82, 2.24) is 10.2 Å². The lowest BCUT2D eigenvalue weighted by Crippen LogP contribution is -2.19. The lowest BCUT2D eigenvalue weighted by molar-refractivity contribution is -0.115. The molecule has 1 heterocycles. The fraction of sp³-hybridized carbons (Fsp3) is 0.0588. The Labute approximate surface area is 158 Å². The summed E-state index contributed by atoms with van der Waals surface area (Å²) < 4.78 is 0. The summed E-state index contributed by atoms with van der Waals surface area (Å²) in [5.74, 6) is -0.204. The number of urea groups is 1. The largest absolute Gasteiger partial charge is 0.326 e. The van der Waals surface area contributed by atoms with Gasteiger partial charge in [0.2, 0.25) is 11.0 Å². The fourth-order valence-electron chi connectivity index (χ4n) is 2.03. The number of nitrogens with zero attached hydrogens (tertiary/aromatic N) is 2. The highest BCUT2D eigenvalue weighted by Crippen LogP contribution is 2.18. The van der Waals surface area contributed by atoms with Crippen molar-refractivity contribution in [2.45, 2.75) is 6.42 Å². The molecule has 3 rings (SSSR count). The van der Waals surface area contributed by atoms with Gasteiger partial charge in [-0.1, -0.05) is 41.1 Å². The van der Waals surface area contributed by atoms with E-state index < -0.39 is 6.03 Å². The van der Waals surface area contributed by atoms with Crippen molar-refractivity contribution >= 4 is 51.4 Å². The van der Waals surface area contributed by atoms with E-state index in [0.29, 0.717) is 26.5 Å². The Hall–Kier alpha value is -2.97. The standard InChI is InChI=1S/C17H14ClN5O2S/c18-11-6-8-13(9-7-11)20-16(25)21-17-23-22-15(26-17)10-14(24)19-12-4-2-1-3-5-12/h1-9H,10H2,(H,19,24)(H2,20,21,23,25). The second-order valence-electron chi connectivity index (χ2n) is 5.18. The van der Waals surface area contributed by atoms with Crippen molar-refractivity contribution < 1.29 is 9.59 Å². The van der Waals surface area contributed by atoms with Gasteiger partial charge in [-0.15, -0.1) is 10.2 Å². The van der Waals surface area contributed by atoms with Crippen LogP contribution >= 0.6 is 22.9 Å². The summed E-state index contributed by atoms with van der Waals surface area (Å²) in [6.45, 7) is 0. The topological polar surface area (TPSA) is 96.0 Å². The number of hydrogen-bond donors (Lipinski definition) is 3. The number of rotatable bonds is 5. The van der Waals surface area contributed by atoms with Gasteiger partial charge < -0.3 is 10.6 Å². The third kappa shape index (κ3) is 5.27. The number of para-hydroxylation sites is 1. The average molecular weight is 388 g/mol. The molecule has 0 fully saturated rings. The molecule has 0 spiro atoms. The second-order valence-corrected chi connectivity index (χ2v) is 6.68. The predicted octanol–water partition coefficient (Wildman–Crippen LogP) is 4.02. The number of halogens is 1. The number of carbonyl (C=O) groups excluding carboxylic acids is 2. The minimum Gasteiger partial charge on any atom is -0.326 e. The van der Waals surface area contributed by atoms with E-state index in [1.807, 2.05) is 18.2 Å². The van der Waals surface area contributed by atoms with Crippen LogP contribution in [0.25, 0.3) is 0 Å². The molecule has 7 nitrogen and oxygen atoms in total. The second kappa shape index (κ2) is 8.41. The van der Waals surface area contributed by atoms with Gasteiger partial charge in [0, 0.05) is 16.4 Å². The summed E-state index contributed by atoms with van der Waals surface area (Å²) in [6.07, 6.45) is 0.0764. The summed E-state index contributed by atoms with van der Waals surface area (Å²) in [5.41, 5.74) is 1.31. The lowest BCUT2D eigenvalue weighted by Gasteiger charge is -2.04. The van der Waals surface area contributed by atoms with Crippen LogP contribution in [0.2, 0.25) is 5.02 Å². The van der Waals surface area contributed by atoms with E-state index in [1.54, 1.807) is 36.4 Å². The predicted molar refractivity (Wildman–Crippen MR) is 103 cm³/mol. The maximum absolute atomic E-state index is 12.0. The first-order valence-electron chi connectivity index (χ1n) is 7.59. The highest BCUT2D eigenvalue weighted by atomic mass is 35.5. The number of nitrogens with one attached hydrogen (secondary N) is 3. The van der Waals surface area contributed by atoms with Gasteiger partial charge in [-0.05, 0) is 36.4 Å². The number of aromatic nitrogens is 2. The Morgan fingerprint density at radius 2 is 1.58 bits per heavy atom. The van der Waals surface area contributed by atoms with Crippen LogP contribution in [-0.2, 0) is 11.2 Å². The molecule has 0 radical (unpaired) electrons. The number of amides is 3. The van der Waals surface area contributed by atoms with Crippen molar-refractivity contribution in [3.8, 4) is 0 Å². The third-order valence-electron chi connectivity index (χ3n) is 3.16. The molecular weight excluding hydrogens is 374 g/mol. The summed E-state index contributed by atoms with van der Waals surface area (Å²) >= 11 is 6.93. The van der Waals surface area contributed by atoms with Crippen molar-refractivity contribution in [1.29, 1.82) is 0 Å². The smallest absolute Gasteiger partial charge is 0.325 e. The minimum atomic E-state index is -0.455. The number of carbonyl (C=O) groups is 2. The first-order chi connectivity index (χ1) is 12.6. The fourth-order valence-corrected chi connectivity index (χ4v) is 2.89. The van der Waals surface area contributed by atoms with E-state index in [2.05, 4.69) is 26.1 Å². The summed E-state index contributed by atoms with van der Waals surface area (Å²) in [7, 11) is 0. The molecule has 0 aliphatic rings. The van der Waals surface area contributed by atoms with E-state index in [0.717, 1.165) is 11.3 Å². The summed E-state index contributed by atoms with van der Waals surface area (Å²) in [4.78, 5) is 23.9. The first-order valence-corrected chi connectivity index (χ1v) is 8.79. The Kier molecular flexibility index (Phi) is 5.77. The van der Waals surface area contributed by atoms with Gasteiger partial charge in [0.1, 0.15) is 5.01 Å². The number of hydrogen-bond acceptors (Lipinski definition) is 5. The van der Waals surface area contributed by atoms with Gasteiger partial charge in [-0.2, -0.15) is 0 Å². The summed E-state index contributed by atoms with van der Waals surface area (Å²) in [6, 6.07) is 15.4. The van der Waals surface area contributed by atoms with Gasteiger partial charge in [0.15, 0.2) is 0 Å². The van der Waals surface area contributed by atoms with Gasteiger partial charge in [0.05, 0.1) is 6.42 Å². The highest BCUT2D eigenvalue weighted by molar-refractivity contribution is 7.15. The van der Waals surface area contributed by atoms with Gasteiger partial charge in [-0.3, -0.25) is 10.1 Å².